The summed E-state index contributed by atoms with van der Waals surface area (Å²) in [5.41, 5.74) is -0.214. The number of hydrogen-bond donors (Lipinski definition) is 2. The molecule has 0 aromatic heterocycles. The summed E-state index contributed by atoms with van der Waals surface area (Å²) in [6.07, 6.45) is 0. The molecule has 1 aliphatic rings. The van der Waals surface area contributed by atoms with Crippen LogP contribution in [-0.2, 0) is 0 Å². The summed E-state index contributed by atoms with van der Waals surface area (Å²) in [5.74, 6) is -4.55. The number of hydrogen-bond acceptors (Lipinski definition) is 2. The van der Waals surface area contributed by atoms with E-state index < -0.39 is 23.4 Å². The average molecular weight is 244 g/mol. The molecule has 17 heavy (non-hydrogen) atoms. The first kappa shape index (κ1) is 11.9. The second-order valence-corrected chi connectivity index (χ2v) is 3.99. The average Bonchev–Trinajstić information content (AvgIpc) is 2.22. The molecule has 0 aliphatic carbocycles. The van der Waals surface area contributed by atoms with Crippen molar-refractivity contribution < 1.29 is 18.0 Å². The maximum atomic E-state index is 12.9. The Labute approximate surface area is 96.0 Å². The normalized spacial score (nSPS) is 15.5. The number of carbonyl (C=O) groups is 1. The summed E-state index contributed by atoms with van der Waals surface area (Å²) in [5, 5.41) is 5.57. The number of nitrogens with one attached hydrogen (secondary N) is 2. The number of amides is 1. The highest BCUT2D eigenvalue weighted by Gasteiger charge is 2.19. The van der Waals surface area contributed by atoms with Crippen LogP contribution in [0.5, 0.6) is 0 Å². The smallest absolute Gasteiger partial charge is 0.251 e. The van der Waals surface area contributed by atoms with Crippen molar-refractivity contribution in [3.63, 3.8) is 0 Å². The number of carbonyl (C=O) groups excluding carboxylic acids is 1. The van der Waals surface area contributed by atoms with Crippen molar-refractivity contribution in [1.82, 2.24) is 10.6 Å². The fourth-order valence-electron chi connectivity index (χ4n) is 1.52. The van der Waals surface area contributed by atoms with Gasteiger partial charge >= 0.3 is 0 Å². The van der Waals surface area contributed by atoms with Crippen molar-refractivity contribution >= 4 is 5.91 Å². The predicted molar refractivity (Wildman–Crippen MR) is 55.0 cm³/mol. The van der Waals surface area contributed by atoms with Gasteiger partial charge in [-0.1, -0.05) is 0 Å². The lowest BCUT2D eigenvalue weighted by molar-refractivity contribution is 0.0941. The van der Waals surface area contributed by atoms with Gasteiger partial charge in [-0.05, 0) is 12.1 Å². The van der Waals surface area contributed by atoms with Gasteiger partial charge in [-0.25, -0.2) is 13.2 Å². The molecule has 1 saturated heterocycles. The summed E-state index contributed by atoms with van der Waals surface area (Å²) in [7, 11) is 0. The highest BCUT2D eigenvalue weighted by atomic mass is 19.2. The van der Waals surface area contributed by atoms with E-state index in [9.17, 15) is 18.0 Å². The molecular weight excluding hydrogens is 233 g/mol. The van der Waals surface area contributed by atoms with Gasteiger partial charge in [0.15, 0.2) is 17.5 Å². The van der Waals surface area contributed by atoms with Gasteiger partial charge in [0.2, 0.25) is 0 Å². The third-order valence-electron chi connectivity index (χ3n) is 2.66. The molecule has 3 nitrogen and oxygen atoms in total. The minimum atomic E-state index is -1.57. The molecule has 0 radical (unpaired) electrons. The molecule has 0 unspecified atom stereocenters. The maximum absolute atomic E-state index is 12.9. The Hall–Kier alpha value is -1.56. The molecule has 1 aromatic rings. The van der Waals surface area contributed by atoms with Crippen LogP contribution in [0.4, 0.5) is 13.2 Å². The minimum Gasteiger partial charge on any atom is -0.352 e. The standard InChI is InChI=1S/C11H11F3N2O/c12-8-1-7(2-9(13)10(8)14)11(17)16-5-6-3-15-4-6/h1-2,6,15H,3-5H2,(H,16,17). The zero-order valence-electron chi connectivity index (χ0n) is 8.90. The predicted octanol–water partition coefficient (Wildman–Crippen LogP) is 1.05. The third kappa shape index (κ3) is 2.58. The molecule has 0 atom stereocenters. The van der Waals surface area contributed by atoms with Crippen LogP contribution in [0.25, 0.3) is 0 Å². The second kappa shape index (κ2) is 4.75. The molecule has 92 valence electrons. The Bertz CT molecular complexity index is 423. The highest BCUT2D eigenvalue weighted by Crippen LogP contribution is 2.13. The van der Waals surface area contributed by atoms with Crippen LogP contribution in [0.3, 0.4) is 0 Å². The van der Waals surface area contributed by atoms with Crippen molar-refractivity contribution in [2.24, 2.45) is 5.92 Å². The van der Waals surface area contributed by atoms with Gasteiger partial charge in [0, 0.05) is 31.1 Å². The lowest BCUT2D eigenvalue weighted by Gasteiger charge is -2.27. The van der Waals surface area contributed by atoms with E-state index in [1.807, 2.05) is 0 Å². The molecule has 2 rings (SSSR count). The molecule has 1 amide bonds. The van der Waals surface area contributed by atoms with Gasteiger partial charge in [-0.3, -0.25) is 4.79 Å². The SMILES string of the molecule is O=C(NCC1CNC1)c1cc(F)c(F)c(F)c1. The van der Waals surface area contributed by atoms with E-state index in [-0.39, 0.29) is 5.56 Å². The fourth-order valence-corrected chi connectivity index (χ4v) is 1.52. The van der Waals surface area contributed by atoms with Crippen LogP contribution in [0, 0.1) is 23.4 Å². The molecule has 0 bridgehead atoms. The van der Waals surface area contributed by atoms with Crippen LogP contribution < -0.4 is 10.6 Å². The van der Waals surface area contributed by atoms with Gasteiger partial charge in [0.05, 0.1) is 0 Å². The van der Waals surface area contributed by atoms with Crippen molar-refractivity contribution in [1.29, 1.82) is 0 Å². The Kier molecular flexibility index (Phi) is 3.33. The molecule has 1 aliphatic heterocycles. The van der Waals surface area contributed by atoms with E-state index in [1.165, 1.54) is 0 Å². The molecule has 1 fully saturated rings. The van der Waals surface area contributed by atoms with Crippen molar-refractivity contribution in [3.8, 4) is 0 Å². The Balaban J connectivity index is 2.02. The summed E-state index contributed by atoms with van der Waals surface area (Å²) >= 11 is 0. The summed E-state index contributed by atoms with van der Waals surface area (Å²) in [6, 6.07) is 1.37. The summed E-state index contributed by atoms with van der Waals surface area (Å²) in [6.45, 7) is 2.06. The first-order valence-electron chi connectivity index (χ1n) is 5.21. The van der Waals surface area contributed by atoms with Crippen LogP contribution in [0.1, 0.15) is 10.4 Å². The van der Waals surface area contributed by atoms with Crippen molar-refractivity contribution in [2.75, 3.05) is 19.6 Å². The van der Waals surface area contributed by atoms with E-state index in [0.717, 1.165) is 13.1 Å². The van der Waals surface area contributed by atoms with E-state index in [1.54, 1.807) is 0 Å². The van der Waals surface area contributed by atoms with Crippen LogP contribution in [0.2, 0.25) is 0 Å². The first-order chi connectivity index (χ1) is 8.08. The zero-order chi connectivity index (χ0) is 12.4. The molecule has 0 saturated carbocycles. The Morgan fingerprint density at radius 3 is 2.35 bits per heavy atom. The quantitative estimate of drug-likeness (QED) is 0.780. The summed E-state index contributed by atoms with van der Waals surface area (Å²) in [4.78, 5) is 11.5. The zero-order valence-corrected chi connectivity index (χ0v) is 8.90. The minimum absolute atomic E-state index is 0.214. The fraction of sp³-hybridized carbons (Fsp3) is 0.364. The van der Waals surface area contributed by atoms with Crippen LogP contribution in [-0.4, -0.2) is 25.5 Å². The lowest BCUT2D eigenvalue weighted by atomic mass is 10.0. The molecule has 1 heterocycles. The van der Waals surface area contributed by atoms with E-state index in [4.69, 9.17) is 0 Å². The third-order valence-corrected chi connectivity index (χ3v) is 2.66. The topological polar surface area (TPSA) is 41.1 Å². The van der Waals surface area contributed by atoms with Gasteiger partial charge < -0.3 is 10.6 Å². The van der Waals surface area contributed by atoms with E-state index in [2.05, 4.69) is 10.6 Å². The van der Waals surface area contributed by atoms with Crippen molar-refractivity contribution in [2.45, 2.75) is 0 Å². The van der Waals surface area contributed by atoms with Gasteiger partial charge in [0.1, 0.15) is 0 Å². The molecular formula is C11H11F3N2O. The first-order valence-corrected chi connectivity index (χ1v) is 5.21. The second-order valence-electron chi connectivity index (χ2n) is 3.99. The Morgan fingerprint density at radius 2 is 1.88 bits per heavy atom. The van der Waals surface area contributed by atoms with Gasteiger partial charge in [0.25, 0.3) is 5.91 Å². The highest BCUT2D eigenvalue weighted by molar-refractivity contribution is 5.94. The van der Waals surface area contributed by atoms with Crippen molar-refractivity contribution in [3.05, 3.63) is 35.1 Å². The molecule has 0 spiro atoms. The molecule has 1 aromatic carbocycles. The number of rotatable bonds is 3. The van der Waals surface area contributed by atoms with E-state index >= 15 is 0 Å². The molecule has 6 heteroatoms. The van der Waals surface area contributed by atoms with Crippen LogP contribution >= 0.6 is 0 Å². The number of benzene rings is 1. The van der Waals surface area contributed by atoms with Crippen LogP contribution in [0.15, 0.2) is 12.1 Å². The Morgan fingerprint density at radius 1 is 1.29 bits per heavy atom. The summed E-state index contributed by atoms with van der Waals surface area (Å²) < 4.78 is 38.4. The van der Waals surface area contributed by atoms with Gasteiger partial charge in [-0.15, -0.1) is 0 Å². The molecule has 2 N–H and O–H groups in total. The number of halogens is 3. The van der Waals surface area contributed by atoms with E-state index in [0.29, 0.717) is 24.6 Å². The lowest BCUT2D eigenvalue weighted by Crippen LogP contribution is -2.48. The maximum Gasteiger partial charge on any atom is 0.251 e. The monoisotopic (exact) mass is 244 g/mol. The van der Waals surface area contributed by atoms with Gasteiger partial charge in [-0.2, -0.15) is 0 Å². The largest absolute Gasteiger partial charge is 0.352 e.